The average molecular weight is 555 g/mol. The molecule has 0 aromatic rings. The number of aliphatic hydroxyl groups is 2. The van der Waals surface area contributed by atoms with Crippen molar-refractivity contribution in [2.75, 3.05) is 26.4 Å². The number of hydrogen-bond acceptors (Lipinski definition) is 9. The standard InChI is InChI=1S/C26H51O10P/c1-3-5-6-7-8-9-10-11-12-13-14-15-16-17-18-26(30)36-24(20-28)22-34-37(31,32)33-21-23(19-27)35-25(29)4-2/h23-24,27-28H,3-22H2,1-2H3,(H,31,32). The highest BCUT2D eigenvalue weighted by Gasteiger charge is 2.27. The van der Waals surface area contributed by atoms with E-state index in [9.17, 15) is 24.2 Å². The number of phosphoric acid groups is 1. The predicted molar refractivity (Wildman–Crippen MR) is 141 cm³/mol. The van der Waals surface area contributed by atoms with E-state index in [1.807, 2.05) is 0 Å². The van der Waals surface area contributed by atoms with Crippen molar-refractivity contribution in [3.8, 4) is 0 Å². The van der Waals surface area contributed by atoms with Crippen LogP contribution in [-0.4, -0.2) is 65.7 Å². The van der Waals surface area contributed by atoms with Crippen molar-refractivity contribution in [2.45, 2.75) is 129 Å². The van der Waals surface area contributed by atoms with Crippen molar-refractivity contribution in [1.29, 1.82) is 0 Å². The summed E-state index contributed by atoms with van der Waals surface area (Å²) in [6.07, 6.45) is 15.0. The summed E-state index contributed by atoms with van der Waals surface area (Å²) >= 11 is 0. The second-order valence-corrected chi connectivity index (χ2v) is 10.8. The Bertz CT molecular complexity index is 616. The lowest BCUT2D eigenvalue weighted by Gasteiger charge is -2.20. The second-order valence-electron chi connectivity index (χ2n) is 9.35. The number of phosphoric ester groups is 1. The Hall–Kier alpha value is -1.03. The lowest BCUT2D eigenvalue weighted by atomic mass is 10.0. The van der Waals surface area contributed by atoms with Crippen LogP contribution >= 0.6 is 7.82 Å². The first-order valence-corrected chi connectivity index (χ1v) is 15.5. The molecule has 0 aliphatic rings. The van der Waals surface area contributed by atoms with Crippen molar-refractivity contribution in [2.24, 2.45) is 0 Å². The van der Waals surface area contributed by atoms with E-state index in [0.717, 1.165) is 19.3 Å². The van der Waals surface area contributed by atoms with Gasteiger partial charge in [0.25, 0.3) is 0 Å². The fourth-order valence-corrected chi connectivity index (χ4v) is 4.40. The quantitative estimate of drug-likeness (QED) is 0.0739. The van der Waals surface area contributed by atoms with E-state index in [1.165, 1.54) is 64.2 Å². The van der Waals surface area contributed by atoms with Crippen LogP contribution in [0.4, 0.5) is 0 Å². The van der Waals surface area contributed by atoms with Gasteiger partial charge in [0.15, 0.2) is 0 Å². The van der Waals surface area contributed by atoms with Gasteiger partial charge >= 0.3 is 19.8 Å². The molecule has 3 unspecified atom stereocenters. The smallest absolute Gasteiger partial charge is 0.457 e. The molecule has 0 aromatic carbocycles. The number of carbonyl (C=O) groups excluding carboxylic acids is 2. The van der Waals surface area contributed by atoms with Crippen LogP contribution in [0.15, 0.2) is 0 Å². The molecule has 0 spiro atoms. The Morgan fingerprint density at radius 2 is 1.03 bits per heavy atom. The molecule has 0 radical (unpaired) electrons. The molecule has 3 atom stereocenters. The van der Waals surface area contributed by atoms with Gasteiger partial charge in [0.05, 0.1) is 26.4 Å². The molecular formula is C26H51O10P. The van der Waals surface area contributed by atoms with E-state index >= 15 is 0 Å². The van der Waals surface area contributed by atoms with Gasteiger partial charge in [-0.15, -0.1) is 0 Å². The first-order chi connectivity index (χ1) is 17.8. The molecule has 220 valence electrons. The molecule has 0 bridgehead atoms. The van der Waals surface area contributed by atoms with E-state index in [0.29, 0.717) is 6.42 Å². The Balaban J connectivity index is 3.87. The first kappa shape index (κ1) is 36.0. The summed E-state index contributed by atoms with van der Waals surface area (Å²) in [7, 11) is -4.58. The van der Waals surface area contributed by atoms with E-state index < -0.39 is 58.4 Å². The van der Waals surface area contributed by atoms with Gasteiger partial charge in [-0.05, 0) is 6.42 Å². The molecule has 0 saturated heterocycles. The van der Waals surface area contributed by atoms with Crippen LogP contribution in [0.2, 0.25) is 0 Å². The molecule has 0 fully saturated rings. The minimum Gasteiger partial charge on any atom is -0.457 e. The Morgan fingerprint density at radius 1 is 0.649 bits per heavy atom. The minimum absolute atomic E-state index is 0.0761. The van der Waals surface area contributed by atoms with Crippen molar-refractivity contribution in [3.05, 3.63) is 0 Å². The molecule has 0 amide bonds. The lowest BCUT2D eigenvalue weighted by Crippen LogP contribution is -2.28. The Labute approximate surface area is 223 Å². The zero-order valence-corrected chi connectivity index (χ0v) is 23.8. The highest BCUT2D eigenvalue weighted by Crippen LogP contribution is 2.43. The van der Waals surface area contributed by atoms with Gasteiger partial charge in [-0.1, -0.05) is 97.3 Å². The average Bonchev–Trinajstić information content (AvgIpc) is 2.88. The van der Waals surface area contributed by atoms with Crippen LogP contribution < -0.4 is 0 Å². The molecule has 11 heteroatoms. The summed E-state index contributed by atoms with van der Waals surface area (Å²) in [5, 5.41) is 18.6. The van der Waals surface area contributed by atoms with Crippen LogP contribution in [0, 0.1) is 0 Å². The molecule has 0 heterocycles. The number of rotatable bonds is 26. The van der Waals surface area contributed by atoms with E-state index in [-0.39, 0.29) is 12.8 Å². The third kappa shape index (κ3) is 22.6. The second kappa shape index (κ2) is 24.0. The minimum atomic E-state index is -4.58. The molecule has 0 aromatic heterocycles. The number of ether oxygens (including phenoxy) is 2. The zero-order valence-electron chi connectivity index (χ0n) is 22.9. The maximum atomic E-state index is 12.0. The van der Waals surface area contributed by atoms with Gasteiger partial charge in [0.1, 0.15) is 12.2 Å². The number of esters is 2. The number of hydrogen-bond donors (Lipinski definition) is 3. The first-order valence-electron chi connectivity index (χ1n) is 14.0. The highest BCUT2D eigenvalue weighted by atomic mass is 31.2. The molecule has 0 rings (SSSR count). The van der Waals surface area contributed by atoms with Gasteiger partial charge in [-0.25, -0.2) is 4.57 Å². The van der Waals surface area contributed by atoms with Gasteiger partial charge in [-0.2, -0.15) is 0 Å². The van der Waals surface area contributed by atoms with Crippen LogP contribution in [0.3, 0.4) is 0 Å². The number of aliphatic hydroxyl groups excluding tert-OH is 2. The lowest BCUT2D eigenvalue weighted by molar-refractivity contribution is -0.153. The SMILES string of the molecule is CCCCCCCCCCCCCCCCC(=O)OC(CO)COP(=O)(O)OCC(CO)OC(=O)CC. The fraction of sp³-hybridized carbons (Fsp3) is 0.923. The number of carbonyl (C=O) groups is 2. The zero-order chi connectivity index (χ0) is 27.8. The van der Waals surface area contributed by atoms with E-state index in [1.54, 1.807) is 6.92 Å². The maximum Gasteiger partial charge on any atom is 0.472 e. The van der Waals surface area contributed by atoms with Crippen molar-refractivity contribution >= 4 is 19.8 Å². The van der Waals surface area contributed by atoms with Crippen molar-refractivity contribution in [1.82, 2.24) is 0 Å². The largest absolute Gasteiger partial charge is 0.472 e. The molecule has 0 aliphatic heterocycles. The van der Waals surface area contributed by atoms with E-state index in [4.69, 9.17) is 23.6 Å². The van der Waals surface area contributed by atoms with Crippen molar-refractivity contribution < 1.29 is 47.8 Å². The van der Waals surface area contributed by atoms with Gasteiger partial charge in [0.2, 0.25) is 0 Å². The predicted octanol–water partition coefficient (Wildman–Crippen LogP) is 5.21. The monoisotopic (exact) mass is 554 g/mol. The third-order valence-corrected chi connectivity index (χ3v) is 6.82. The molecular weight excluding hydrogens is 503 g/mol. The number of unbranched alkanes of at least 4 members (excludes halogenated alkanes) is 13. The Kier molecular flexibility index (Phi) is 23.4. The topological polar surface area (TPSA) is 149 Å². The van der Waals surface area contributed by atoms with Crippen molar-refractivity contribution in [3.63, 3.8) is 0 Å². The van der Waals surface area contributed by atoms with E-state index in [2.05, 4.69) is 6.92 Å². The fourth-order valence-electron chi connectivity index (χ4n) is 3.62. The summed E-state index contributed by atoms with van der Waals surface area (Å²) in [4.78, 5) is 33.0. The van der Waals surface area contributed by atoms with Gasteiger partial charge < -0.3 is 24.6 Å². The highest BCUT2D eigenvalue weighted by molar-refractivity contribution is 7.47. The van der Waals surface area contributed by atoms with Crippen LogP contribution in [-0.2, 0) is 32.7 Å². The molecule has 3 N–H and O–H groups in total. The molecule has 10 nitrogen and oxygen atoms in total. The Morgan fingerprint density at radius 3 is 1.41 bits per heavy atom. The summed E-state index contributed by atoms with van der Waals surface area (Å²) in [6.45, 7) is 1.51. The molecule has 37 heavy (non-hydrogen) atoms. The third-order valence-electron chi connectivity index (χ3n) is 5.87. The van der Waals surface area contributed by atoms with Crippen LogP contribution in [0.25, 0.3) is 0 Å². The molecule has 0 saturated carbocycles. The van der Waals surface area contributed by atoms with Crippen LogP contribution in [0.1, 0.15) is 117 Å². The molecule has 0 aliphatic carbocycles. The normalized spacial score (nSPS) is 14.6. The van der Waals surface area contributed by atoms with Gasteiger partial charge in [0, 0.05) is 12.8 Å². The maximum absolute atomic E-state index is 12.0. The van der Waals surface area contributed by atoms with Gasteiger partial charge in [-0.3, -0.25) is 18.6 Å². The summed E-state index contributed by atoms with van der Waals surface area (Å²) < 4.78 is 31.4. The summed E-state index contributed by atoms with van der Waals surface area (Å²) in [5.74, 6) is -1.11. The summed E-state index contributed by atoms with van der Waals surface area (Å²) in [6, 6.07) is 0. The van der Waals surface area contributed by atoms with Crippen LogP contribution in [0.5, 0.6) is 0 Å². The summed E-state index contributed by atoms with van der Waals surface area (Å²) in [5.41, 5.74) is 0.